The van der Waals surface area contributed by atoms with E-state index in [1.54, 1.807) is 6.07 Å². The van der Waals surface area contributed by atoms with Crippen molar-refractivity contribution in [2.45, 2.75) is 63.8 Å². The van der Waals surface area contributed by atoms with Crippen molar-refractivity contribution in [1.29, 1.82) is 0 Å². The number of nitrogens with zero attached hydrogens (tertiary/aromatic N) is 1. The molecule has 3 aliphatic carbocycles. The molecule has 0 aromatic heterocycles. The average molecular weight is 414 g/mol. The summed E-state index contributed by atoms with van der Waals surface area (Å²) in [6, 6.07) is 5.71. The SMILES string of the molecule is CN(C(=O)CC[C@@H]1CC(=O)[C@@]2(C)CCC3c4cccc(F)c4CCC3C12)C1COC1. The highest BCUT2D eigenvalue weighted by Gasteiger charge is 2.58. The highest BCUT2D eigenvalue weighted by Crippen LogP contribution is 2.62. The minimum atomic E-state index is -0.270. The Morgan fingerprint density at radius 1 is 1.30 bits per heavy atom. The van der Waals surface area contributed by atoms with E-state index in [9.17, 15) is 14.0 Å². The Kier molecular flexibility index (Phi) is 5.00. The van der Waals surface area contributed by atoms with Crippen LogP contribution in [0.25, 0.3) is 0 Å². The van der Waals surface area contributed by atoms with Crippen LogP contribution in [0.2, 0.25) is 0 Å². The number of benzene rings is 1. The summed E-state index contributed by atoms with van der Waals surface area (Å²) in [5.41, 5.74) is 1.79. The first-order valence-electron chi connectivity index (χ1n) is 11.5. The third-order valence-electron chi connectivity index (χ3n) is 8.85. The summed E-state index contributed by atoms with van der Waals surface area (Å²) < 4.78 is 19.6. The van der Waals surface area contributed by atoms with Crippen molar-refractivity contribution in [3.8, 4) is 0 Å². The maximum absolute atomic E-state index is 14.4. The number of carbonyl (C=O) groups is 2. The smallest absolute Gasteiger partial charge is 0.222 e. The van der Waals surface area contributed by atoms with Gasteiger partial charge in [0.15, 0.2) is 0 Å². The monoisotopic (exact) mass is 413 g/mol. The van der Waals surface area contributed by atoms with Crippen molar-refractivity contribution < 1.29 is 18.7 Å². The molecule has 1 saturated heterocycles. The lowest BCUT2D eigenvalue weighted by atomic mass is 9.54. The summed E-state index contributed by atoms with van der Waals surface area (Å²) in [6.07, 6.45) is 5.45. The van der Waals surface area contributed by atoms with Gasteiger partial charge in [-0.3, -0.25) is 9.59 Å². The average Bonchev–Trinajstić information content (AvgIpc) is 2.95. The van der Waals surface area contributed by atoms with Crippen LogP contribution in [-0.2, 0) is 20.7 Å². The van der Waals surface area contributed by atoms with Crippen LogP contribution in [0.5, 0.6) is 0 Å². The second-order valence-electron chi connectivity index (χ2n) is 10.2. The predicted molar refractivity (Wildman–Crippen MR) is 112 cm³/mol. The molecule has 1 aromatic carbocycles. The van der Waals surface area contributed by atoms with Crippen molar-refractivity contribution in [2.24, 2.45) is 23.2 Å². The number of hydrogen-bond donors (Lipinski definition) is 0. The second kappa shape index (κ2) is 7.44. The van der Waals surface area contributed by atoms with Crippen molar-refractivity contribution in [2.75, 3.05) is 20.3 Å². The van der Waals surface area contributed by atoms with Gasteiger partial charge in [-0.05, 0) is 73.0 Å². The number of Topliss-reactive ketones (excluding diaryl/α,β-unsaturated/α-hetero) is 1. The van der Waals surface area contributed by atoms with Gasteiger partial charge in [0.1, 0.15) is 11.6 Å². The van der Waals surface area contributed by atoms with Gasteiger partial charge in [-0.15, -0.1) is 0 Å². The van der Waals surface area contributed by atoms with Gasteiger partial charge in [-0.2, -0.15) is 0 Å². The quantitative estimate of drug-likeness (QED) is 0.746. The van der Waals surface area contributed by atoms with E-state index in [0.29, 0.717) is 49.6 Å². The molecule has 2 saturated carbocycles. The standard InChI is InChI=1S/C25H32FNO3/c1-25-11-10-18-17-4-3-5-21(26)19(17)7-8-20(18)24(25)15(12-22(25)28)6-9-23(29)27(2)16-13-30-14-16/h3-5,15-16,18,20,24H,6-14H2,1-2H3/t15-,18?,20?,24?,25-/m1/s1. The van der Waals surface area contributed by atoms with Crippen molar-refractivity contribution >= 4 is 11.7 Å². The van der Waals surface area contributed by atoms with Gasteiger partial charge in [0.2, 0.25) is 5.91 Å². The van der Waals surface area contributed by atoms with E-state index < -0.39 is 0 Å². The van der Waals surface area contributed by atoms with Gasteiger partial charge in [0.25, 0.3) is 0 Å². The molecule has 5 heteroatoms. The van der Waals surface area contributed by atoms with Crippen molar-refractivity contribution in [3.05, 3.63) is 35.1 Å². The molecule has 1 aliphatic heterocycles. The molecule has 4 nitrogen and oxygen atoms in total. The zero-order valence-corrected chi connectivity index (χ0v) is 18.0. The van der Waals surface area contributed by atoms with E-state index in [4.69, 9.17) is 4.74 Å². The highest BCUT2D eigenvalue weighted by atomic mass is 19.1. The van der Waals surface area contributed by atoms with Gasteiger partial charge in [0.05, 0.1) is 19.3 Å². The normalized spacial score (nSPS) is 35.2. The van der Waals surface area contributed by atoms with Crippen molar-refractivity contribution in [1.82, 2.24) is 4.90 Å². The predicted octanol–water partition coefficient (Wildman–Crippen LogP) is 4.11. The molecule has 3 fully saturated rings. The largest absolute Gasteiger partial charge is 0.377 e. The van der Waals surface area contributed by atoms with Crippen LogP contribution in [0, 0.1) is 29.0 Å². The number of amides is 1. The zero-order valence-electron chi connectivity index (χ0n) is 18.0. The molecule has 1 aromatic rings. The lowest BCUT2D eigenvalue weighted by Gasteiger charge is -2.50. The number of likely N-dealkylation sites (N-methyl/N-ethyl adjacent to an activating group) is 1. The molecular formula is C25H32FNO3. The van der Waals surface area contributed by atoms with E-state index in [-0.39, 0.29) is 29.1 Å². The maximum Gasteiger partial charge on any atom is 0.222 e. The van der Waals surface area contributed by atoms with Crippen LogP contribution in [0.4, 0.5) is 4.39 Å². The molecule has 4 aliphatic rings. The minimum absolute atomic E-state index is 0.0769. The fourth-order valence-electron chi connectivity index (χ4n) is 7.03. The molecule has 0 radical (unpaired) electrons. The number of hydrogen-bond acceptors (Lipinski definition) is 3. The van der Waals surface area contributed by atoms with E-state index >= 15 is 0 Å². The van der Waals surface area contributed by atoms with Crippen LogP contribution in [0.15, 0.2) is 18.2 Å². The Morgan fingerprint density at radius 2 is 2.10 bits per heavy atom. The molecule has 3 unspecified atom stereocenters. The van der Waals surface area contributed by atoms with Crippen LogP contribution in [0.3, 0.4) is 0 Å². The first kappa shape index (κ1) is 20.2. The Bertz CT molecular complexity index is 866. The van der Waals surface area contributed by atoms with Crippen LogP contribution < -0.4 is 0 Å². The Balaban J connectivity index is 1.36. The number of fused-ring (bicyclic) bond motifs is 5. The minimum Gasteiger partial charge on any atom is -0.377 e. The third-order valence-corrected chi connectivity index (χ3v) is 8.85. The molecule has 0 spiro atoms. The summed E-state index contributed by atoms with van der Waals surface area (Å²) >= 11 is 0. The van der Waals surface area contributed by atoms with Gasteiger partial charge in [0, 0.05) is 25.3 Å². The lowest BCUT2D eigenvalue weighted by Crippen LogP contribution is -2.49. The van der Waals surface area contributed by atoms with E-state index in [0.717, 1.165) is 37.7 Å². The fourth-order valence-corrected chi connectivity index (χ4v) is 7.03. The molecule has 162 valence electrons. The Morgan fingerprint density at radius 3 is 2.83 bits per heavy atom. The molecule has 5 atom stereocenters. The Labute approximate surface area is 178 Å². The summed E-state index contributed by atoms with van der Waals surface area (Å²) in [6.45, 7) is 3.42. The molecular weight excluding hydrogens is 381 g/mol. The van der Waals surface area contributed by atoms with Crippen LogP contribution in [0.1, 0.15) is 62.5 Å². The fraction of sp³-hybridized carbons (Fsp3) is 0.680. The molecule has 1 amide bonds. The highest BCUT2D eigenvalue weighted by molar-refractivity contribution is 5.88. The molecule has 0 N–H and O–H groups in total. The lowest BCUT2D eigenvalue weighted by molar-refractivity contribution is -0.142. The third kappa shape index (κ3) is 3.04. The van der Waals surface area contributed by atoms with Crippen molar-refractivity contribution in [3.63, 3.8) is 0 Å². The maximum atomic E-state index is 14.4. The summed E-state index contributed by atoms with van der Waals surface area (Å²) in [7, 11) is 1.86. The first-order valence-corrected chi connectivity index (χ1v) is 11.5. The van der Waals surface area contributed by atoms with Gasteiger partial charge < -0.3 is 9.64 Å². The van der Waals surface area contributed by atoms with Gasteiger partial charge in [-0.1, -0.05) is 19.1 Å². The molecule has 5 rings (SSSR count). The summed E-state index contributed by atoms with van der Waals surface area (Å²) in [4.78, 5) is 27.6. The number of ether oxygens (including phenoxy) is 1. The number of carbonyl (C=O) groups excluding carboxylic acids is 2. The summed E-state index contributed by atoms with van der Waals surface area (Å²) in [5, 5.41) is 0. The zero-order chi connectivity index (χ0) is 21.0. The topological polar surface area (TPSA) is 46.6 Å². The van der Waals surface area contributed by atoms with E-state index in [2.05, 4.69) is 13.0 Å². The van der Waals surface area contributed by atoms with Crippen LogP contribution >= 0.6 is 0 Å². The first-order chi connectivity index (χ1) is 14.4. The molecule has 0 bridgehead atoms. The molecule has 30 heavy (non-hydrogen) atoms. The summed E-state index contributed by atoms with van der Waals surface area (Å²) in [5.74, 6) is 1.81. The number of ketones is 1. The Hall–Kier alpha value is -1.75. The number of halogens is 1. The number of rotatable bonds is 4. The van der Waals surface area contributed by atoms with E-state index in [1.165, 1.54) is 5.56 Å². The second-order valence-corrected chi connectivity index (χ2v) is 10.2. The van der Waals surface area contributed by atoms with Crippen LogP contribution in [-0.4, -0.2) is 42.9 Å². The van der Waals surface area contributed by atoms with Gasteiger partial charge >= 0.3 is 0 Å². The van der Waals surface area contributed by atoms with Gasteiger partial charge in [-0.25, -0.2) is 4.39 Å². The molecule has 1 heterocycles. The van der Waals surface area contributed by atoms with E-state index in [1.807, 2.05) is 18.0 Å².